The Morgan fingerprint density at radius 2 is 2.00 bits per heavy atom. The zero-order valence-corrected chi connectivity index (χ0v) is 10.4. The summed E-state index contributed by atoms with van der Waals surface area (Å²) in [5.41, 5.74) is -0.175. The van der Waals surface area contributed by atoms with Crippen molar-refractivity contribution < 1.29 is 13.6 Å². The highest BCUT2D eigenvalue weighted by Crippen LogP contribution is 2.42. The summed E-state index contributed by atoms with van der Waals surface area (Å²) in [6.45, 7) is 4.48. The smallest absolute Gasteiger partial charge is 0.263 e. The monoisotopic (exact) mass is 282 g/mol. The molecule has 0 bridgehead atoms. The van der Waals surface area contributed by atoms with Crippen molar-refractivity contribution in [2.45, 2.75) is 6.92 Å². The summed E-state index contributed by atoms with van der Waals surface area (Å²) >= 11 is 11.7. The molecule has 0 radical (unpaired) electrons. The molecule has 0 aliphatic rings. The molecule has 1 aromatic rings. The number of hydrogen-bond acceptors (Lipinski definition) is 2. The highest BCUT2D eigenvalue weighted by atomic mass is 35.5. The van der Waals surface area contributed by atoms with E-state index >= 15 is 0 Å². The van der Waals surface area contributed by atoms with Crippen molar-refractivity contribution in [3.8, 4) is 0 Å². The molecule has 1 rings (SSSR count). The van der Waals surface area contributed by atoms with Gasteiger partial charge in [-0.3, -0.25) is 4.79 Å². The molecule has 0 fully saturated rings. The first-order valence-electron chi connectivity index (χ1n) is 4.09. The molecular formula is C10H6Cl2F2OS. The van der Waals surface area contributed by atoms with Gasteiger partial charge in [-0.05, 0) is 18.5 Å². The van der Waals surface area contributed by atoms with E-state index in [0.29, 0.717) is 11.3 Å². The van der Waals surface area contributed by atoms with E-state index in [-0.39, 0.29) is 20.3 Å². The van der Waals surface area contributed by atoms with Crippen molar-refractivity contribution in [2.24, 2.45) is 0 Å². The lowest BCUT2D eigenvalue weighted by Crippen LogP contribution is -1.85. The third-order valence-electron chi connectivity index (χ3n) is 1.77. The Kier molecular flexibility index (Phi) is 4.24. The van der Waals surface area contributed by atoms with Gasteiger partial charge in [-0.1, -0.05) is 24.3 Å². The van der Waals surface area contributed by atoms with Gasteiger partial charge >= 0.3 is 0 Å². The van der Waals surface area contributed by atoms with Crippen LogP contribution in [-0.4, -0.2) is 5.24 Å². The molecule has 0 amide bonds. The van der Waals surface area contributed by atoms with Crippen LogP contribution in [0.2, 0.25) is 5.02 Å². The van der Waals surface area contributed by atoms with Crippen molar-refractivity contribution >= 4 is 51.4 Å². The van der Waals surface area contributed by atoms with Crippen LogP contribution in [0.5, 0.6) is 0 Å². The third kappa shape index (κ3) is 2.34. The van der Waals surface area contributed by atoms with E-state index in [0.717, 1.165) is 6.08 Å². The maximum atomic E-state index is 13.4. The van der Waals surface area contributed by atoms with Crippen LogP contribution in [0.4, 0.5) is 8.78 Å². The molecule has 0 unspecified atom stereocenters. The predicted molar refractivity (Wildman–Crippen MR) is 64.4 cm³/mol. The molecule has 0 saturated carbocycles. The quantitative estimate of drug-likeness (QED) is 0.709. The van der Waals surface area contributed by atoms with Crippen LogP contribution in [0, 0.1) is 0 Å². The number of thiophene rings is 1. The Labute approximate surface area is 105 Å². The zero-order chi connectivity index (χ0) is 12.5. The molecule has 0 atom stereocenters. The summed E-state index contributed by atoms with van der Waals surface area (Å²) in [5, 5.41) is -1.04. The lowest BCUT2D eigenvalue weighted by Gasteiger charge is -1.98. The van der Waals surface area contributed by atoms with Crippen molar-refractivity contribution in [2.75, 3.05) is 0 Å². The lowest BCUT2D eigenvalue weighted by atomic mass is 10.2. The van der Waals surface area contributed by atoms with E-state index < -0.39 is 16.9 Å². The van der Waals surface area contributed by atoms with Crippen LogP contribution in [0.25, 0.3) is 11.7 Å². The van der Waals surface area contributed by atoms with E-state index in [1.807, 2.05) is 0 Å². The van der Waals surface area contributed by atoms with Crippen molar-refractivity contribution in [1.82, 2.24) is 0 Å². The van der Waals surface area contributed by atoms with Crippen LogP contribution in [0.1, 0.15) is 27.0 Å². The van der Waals surface area contributed by atoms with Gasteiger partial charge in [0.15, 0.2) is 0 Å². The van der Waals surface area contributed by atoms with E-state index in [2.05, 4.69) is 6.58 Å². The second kappa shape index (κ2) is 5.08. The van der Waals surface area contributed by atoms with E-state index in [1.54, 1.807) is 0 Å². The van der Waals surface area contributed by atoms with Crippen LogP contribution < -0.4 is 0 Å². The predicted octanol–water partition coefficient (Wildman–Crippen LogP) is 5.05. The summed E-state index contributed by atoms with van der Waals surface area (Å²) in [5.74, 6) is -1.58. The Morgan fingerprint density at radius 3 is 2.38 bits per heavy atom. The SMILES string of the molecule is C=C(F)c1sc(C(=O)Cl)c(Cl)c1/C(F)=C\C. The molecule has 1 aromatic heterocycles. The molecule has 1 heterocycles. The van der Waals surface area contributed by atoms with Gasteiger partial charge in [0.25, 0.3) is 5.24 Å². The number of carbonyl (C=O) groups is 1. The first-order valence-corrected chi connectivity index (χ1v) is 5.66. The standard InChI is InChI=1S/C10H6Cl2F2OS/c1-3-5(14)6-7(11)9(10(12)15)16-8(6)4(2)13/h3H,2H2,1H3/b5-3+. The van der Waals surface area contributed by atoms with Crippen LogP contribution >= 0.6 is 34.5 Å². The molecule has 86 valence electrons. The van der Waals surface area contributed by atoms with Crippen LogP contribution in [0.3, 0.4) is 0 Å². The summed E-state index contributed by atoms with van der Waals surface area (Å²) in [4.78, 5) is 10.7. The zero-order valence-electron chi connectivity index (χ0n) is 8.11. The molecule has 16 heavy (non-hydrogen) atoms. The van der Waals surface area contributed by atoms with E-state index in [1.165, 1.54) is 6.92 Å². The van der Waals surface area contributed by atoms with Gasteiger partial charge in [0, 0.05) is 0 Å². The molecule has 0 spiro atoms. The number of allylic oxidation sites excluding steroid dienone is 1. The summed E-state index contributed by atoms with van der Waals surface area (Å²) in [6, 6.07) is 0. The first-order chi connectivity index (χ1) is 7.40. The molecule has 0 aliphatic heterocycles. The van der Waals surface area contributed by atoms with Gasteiger partial charge < -0.3 is 0 Å². The van der Waals surface area contributed by atoms with E-state index in [9.17, 15) is 13.6 Å². The van der Waals surface area contributed by atoms with Gasteiger partial charge in [-0.15, -0.1) is 11.3 Å². The molecule has 0 saturated heterocycles. The van der Waals surface area contributed by atoms with Crippen molar-refractivity contribution in [3.05, 3.63) is 33.0 Å². The minimum atomic E-state index is -0.858. The van der Waals surface area contributed by atoms with Gasteiger partial charge in [0.05, 0.1) is 15.5 Å². The minimum absolute atomic E-state index is 0.0934. The Morgan fingerprint density at radius 1 is 1.44 bits per heavy atom. The second-order valence-corrected chi connectivity index (χ2v) is 4.51. The van der Waals surface area contributed by atoms with Crippen molar-refractivity contribution in [1.29, 1.82) is 0 Å². The molecule has 0 N–H and O–H groups in total. The van der Waals surface area contributed by atoms with Gasteiger partial charge in [-0.2, -0.15) is 0 Å². The highest BCUT2D eigenvalue weighted by Gasteiger charge is 2.24. The summed E-state index contributed by atoms with van der Waals surface area (Å²) < 4.78 is 26.5. The lowest BCUT2D eigenvalue weighted by molar-refractivity contribution is 0.108. The maximum Gasteiger partial charge on any atom is 0.263 e. The van der Waals surface area contributed by atoms with Gasteiger partial charge in [0.2, 0.25) is 0 Å². The van der Waals surface area contributed by atoms with Gasteiger partial charge in [0.1, 0.15) is 16.5 Å². The maximum absolute atomic E-state index is 13.4. The highest BCUT2D eigenvalue weighted by molar-refractivity contribution is 7.17. The Bertz CT molecular complexity index is 491. The average Bonchev–Trinajstić information content (AvgIpc) is 2.55. The Balaban J connectivity index is 3.56. The van der Waals surface area contributed by atoms with E-state index in [4.69, 9.17) is 23.2 Å². The summed E-state index contributed by atoms with van der Waals surface area (Å²) in [6.07, 6.45) is 1.11. The number of halogens is 4. The fraction of sp³-hybridized carbons (Fsp3) is 0.100. The van der Waals surface area contributed by atoms with Crippen LogP contribution in [0.15, 0.2) is 12.7 Å². The average molecular weight is 283 g/mol. The fourth-order valence-corrected chi connectivity index (χ4v) is 2.68. The molecular weight excluding hydrogens is 277 g/mol. The second-order valence-electron chi connectivity index (χ2n) is 2.76. The molecule has 0 aliphatic carbocycles. The van der Waals surface area contributed by atoms with Crippen molar-refractivity contribution in [3.63, 3.8) is 0 Å². The van der Waals surface area contributed by atoms with Gasteiger partial charge in [-0.25, -0.2) is 8.78 Å². The largest absolute Gasteiger partial charge is 0.275 e. The minimum Gasteiger partial charge on any atom is -0.275 e. The topological polar surface area (TPSA) is 17.1 Å². The number of carbonyl (C=O) groups excluding carboxylic acids is 1. The molecule has 1 nitrogen and oxygen atoms in total. The normalized spacial score (nSPS) is 11.7. The Hall–Kier alpha value is -0.710. The molecule has 6 heteroatoms. The third-order valence-corrected chi connectivity index (χ3v) is 3.78. The van der Waals surface area contributed by atoms with Crippen LogP contribution in [-0.2, 0) is 0 Å². The fourth-order valence-electron chi connectivity index (χ4n) is 1.09. The first kappa shape index (κ1) is 13.4. The number of rotatable bonds is 3. The summed E-state index contributed by atoms with van der Waals surface area (Å²) in [7, 11) is 0. The molecule has 0 aromatic carbocycles. The number of hydrogen-bond donors (Lipinski definition) is 0.